The highest BCUT2D eigenvalue weighted by Gasteiger charge is 2.36. The van der Waals surface area contributed by atoms with Crippen molar-refractivity contribution in [2.45, 2.75) is 32.2 Å². The number of benzene rings is 1. The lowest BCUT2D eigenvalue weighted by molar-refractivity contribution is -0.116. The fourth-order valence-electron chi connectivity index (χ4n) is 3.40. The second-order valence-corrected chi connectivity index (χ2v) is 6.07. The van der Waals surface area contributed by atoms with Crippen LogP contribution in [0, 0.1) is 18.3 Å². The standard InChI is InChI=1S/C18H16N4O/c1-11-5-7-12(8-6-11)17-16-14(3-2-4-15(16)23)21-18-13(9-19)10-20-22(17)18/h5-8,10,17,21H,2-4H2,1H3. The van der Waals surface area contributed by atoms with E-state index < -0.39 is 0 Å². The number of allylic oxidation sites excluding steroid dienone is 2. The molecule has 2 aliphatic rings. The number of hydrogen-bond donors (Lipinski definition) is 1. The van der Waals surface area contributed by atoms with Crippen LogP contribution < -0.4 is 5.32 Å². The van der Waals surface area contributed by atoms with Crippen LogP contribution >= 0.6 is 0 Å². The van der Waals surface area contributed by atoms with Gasteiger partial charge < -0.3 is 5.32 Å². The number of nitriles is 1. The highest BCUT2D eigenvalue weighted by Crippen LogP contribution is 2.41. The summed E-state index contributed by atoms with van der Waals surface area (Å²) < 4.78 is 1.77. The van der Waals surface area contributed by atoms with Gasteiger partial charge >= 0.3 is 0 Å². The molecule has 0 radical (unpaired) electrons. The van der Waals surface area contributed by atoms with Gasteiger partial charge in [-0.15, -0.1) is 0 Å². The molecule has 23 heavy (non-hydrogen) atoms. The molecule has 0 amide bonds. The number of hydrogen-bond acceptors (Lipinski definition) is 4. The van der Waals surface area contributed by atoms with Crippen molar-refractivity contribution in [2.24, 2.45) is 0 Å². The van der Waals surface area contributed by atoms with E-state index in [2.05, 4.69) is 16.5 Å². The Morgan fingerprint density at radius 2 is 2.09 bits per heavy atom. The molecule has 2 aromatic rings. The lowest BCUT2D eigenvalue weighted by atomic mass is 9.85. The van der Waals surface area contributed by atoms with Gasteiger partial charge in [0.05, 0.1) is 6.20 Å². The highest BCUT2D eigenvalue weighted by atomic mass is 16.1. The second-order valence-electron chi connectivity index (χ2n) is 6.07. The lowest BCUT2D eigenvalue weighted by Crippen LogP contribution is -2.31. The zero-order chi connectivity index (χ0) is 16.0. The van der Waals surface area contributed by atoms with Crippen LogP contribution in [0.4, 0.5) is 5.82 Å². The Morgan fingerprint density at radius 1 is 1.30 bits per heavy atom. The Morgan fingerprint density at radius 3 is 2.83 bits per heavy atom. The van der Waals surface area contributed by atoms with Crippen LogP contribution in [-0.2, 0) is 4.79 Å². The van der Waals surface area contributed by atoms with Crippen LogP contribution in [0.1, 0.15) is 42.0 Å². The third kappa shape index (κ3) is 2.07. The van der Waals surface area contributed by atoms with Crippen LogP contribution in [0.2, 0.25) is 0 Å². The number of aryl methyl sites for hydroxylation is 1. The minimum Gasteiger partial charge on any atom is -0.342 e. The largest absolute Gasteiger partial charge is 0.342 e. The number of aromatic nitrogens is 2. The third-order valence-corrected chi connectivity index (χ3v) is 4.55. The minimum absolute atomic E-state index is 0.170. The minimum atomic E-state index is -0.253. The number of Topliss-reactive ketones (excluding diaryl/α,β-unsaturated/α-hetero) is 1. The topological polar surface area (TPSA) is 70.7 Å². The van der Waals surface area contributed by atoms with E-state index in [0.29, 0.717) is 17.8 Å². The molecule has 114 valence electrons. The maximum atomic E-state index is 12.6. The van der Waals surface area contributed by atoms with E-state index in [4.69, 9.17) is 0 Å². The Labute approximate surface area is 134 Å². The lowest BCUT2D eigenvalue weighted by Gasteiger charge is -2.33. The van der Waals surface area contributed by atoms with Gasteiger partial charge in [-0.05, 0) is 25.3 Å². The highest BCUT2D eigenvalue weighted by molar-refractivity contribution is 5.99. The van der Waals surface area contributed by atoms with Crippen molar-refractivity contribution in [1.29, 1.82) is 5.26 Å². The average Bonchev–Trinajstić information content (AvgIpc) is 2.97. The quantitative estimate of drug-likeness (QED) is 0.879. The molecule has 0 spiro atoms. The summed E-state index contributed by atoms with van der Waals surface area (Å²) in [6.45, 7) is 2.04. The molecule has 1 N–H and O–H groups in total. The van der Waals surface area contributed by atoms with Crippen LogP contribution in [-0.4, -0.2) is 15.6 Å². The monoisotopic (exact) mass is 304 g/mol. The summed E-state index contributed by atoms with van der Waals surface area (Å²) in [6, 6.07) is 10.1. The molecule has 1 aliphatic carbocycles. The van der Waals surface area contributed by atoms with Crippen molar-refractivity contribution in [2.75, 3.05) is 5.32 Å². The zero-order valence-electron chi connectivity index (χ0n) is 12.8. The molecular weight excluding hydrogens is 288 g/mol. The molecule has 0 fully saturated rings. The third-order valence-electron chi connectivity index (χ3n) is 4.55. The van der Waals surface area contributed by atoms with E-state index in [1.165, 1.54) is 5.56 Å². The van der Waals surface area contributed by atoms with Gasteiger partial charge in [-0.1, -0.05) is 29.8 Å². The van der Waals surface area contributed by atoms with Crippen molar-refractivity contribution in [3.63, 3.8) is 0 Å². The van der Waals surface area contributed by atoms with E-state index in [1.54, 1.807) is 10.9 Å². The number of nitrogens with one attached hydrogen (secondary N) is 1. The van der Waals surface area contributed by atoms with Crippen molar-refractivity contribution < 1.29 is 4.79 Å². The summed E-state index contributed by atoms with van der Waals surface area (Å²) in [7, 11) is 0. The summed E-state index contributed by atoms with van der Waals surface area (Å²) in [5, 5.41) is 17.0. The SMILES string of the molecule is Cc1ccc(C2C3=C(CCCC3=O)Nc3c(C#N)cnn32)cc1. The van der Waals surface area contributed by atoms with E-state index in [9.17, 15) is 10.1 Å². The molecule has 0 bridgehead atoms. The second kappa shape index (κ2) is 5.10. The van der Waals surface area contributed by atoms with Gasteiger partial charge in [0.2, 0.25) is 0 Å². The van der Waals surface area contributed by atoms with Crippen molar-refractivity contribution in [3.8, 4) is 6.07 Å². The molecule has 4 rings (SSSR count). The summed E-state index contributed by atoms with van der Waals surface area (Å²) >= 11 is 0. The smallest absolute Gasteiger partial charge is 0.163 e. The maximum absolute atomic E-state index is 12.6. The number of fused-ring (bicyclic) bond motifs is 1. The number of anilines is 1. The van der Waals surface area contributed by atoms with Crippen molar-refractivity contribution in [1.82, 2.24) is 9.78 Å². The molecule has 2 heterocycles. The zero-order valence-corrected chi connectivity index (χ0v) is 12.8. The summed E-state index contributed by atoms with van der Waals surface area (Å²) in [5.74, 6) is 0.857. The fraction of sp³-hybridized carbons (Fsp3) is 0.278. The molecule has 0 saturated carbocycles. The van der Waals surface area contributed by atoms with Crippen LogP contribution in [0.25, 0.3) is 0 Å². The number of nitrogens with zero attached hydrogens (tertiary/aromatic N) is 3. The molecule has 1 atom stereocenters. The Hall–Kier alpha value is -2.87. The van der Waals surface area contributed by atoms with Gasteiger partial charge in [-0.25, -0.2) is 4.68 Å². The van der Waals surface area contributed by atoms with Gasteiger partial charge in [0.15, 0.2) is 5.78 Å². The van der Waals surface area contributed by atoms with Crippen molar-refractivity contribution >= 4 is 11.6 Å². The Bertz CT molecular complexity index is 867. The first-order chi connectivity index (χ1) is 11.2. The molecule has 5 heteroatoms. The molecular formula is C18H16N4O. The molecule has 5 nitrogen and oxygen atoms in total. The number of ketones is 1. The number of carbonyl (C=O) groups excluding carboxylic acids is 1. The van der Waals surface area contributed by atoms with E-state index >= 15 is 0 Å². The van der Waals surface area contributed by atoms with Gasteiger partial charge in [-0.3, -0.25) is 4.79 Å². The normalized spacial score (nSPS) is 19.7. The van der Waals surface area contributed by atoms with Gasteiger partial charge in [-0.2, -0.15) is 10.4 Å². The molecule has 1 aliphatic heterocycles. The first-order valence-corrected chi connectivity index (χ1v) is 7.76. The first-order valence-electron chi connectivity index (χ1n) is 7.76. The van der Waals surface area contributed by atoms with E-state index in [0.717, 1.165) is 29.7 Å². The fourth-order valence-corrected chi connectivity index (χ4v) is 3.40. The summed E-state index contributed by atoms with van der Waals surface area (Å²) in [6.07, 6.45) is 3.82. The van der Waals surface area contributed by atoms with Gasteiger partial charge in [0.25, 0.3) is 0 Å². The van der Waals surface area contributed by atoms with Crippen LogP contribution in [0.5, 0.6) is 0 Å². The Kier molecular flexibility index (Phi) is 3.05. The van der Waals surface area contributed by atoms with Crippen LogP contribution in [0.15, 0.2) is 41.7 Å². The first kappa shape index (κ1) is 13.8. The molecule has 1 unspecified atom stereocenters. The molecule has 0 saturated heterocycles. The maximum Gasteiger partial charge on any atom is 0.163 e. The number of rotatable bonds is 1. The summed E-state index contributed by atoms with van der Waals surface area (Å²) in [4.78, 5) is 12.6. The number of carbonyl (C=O) groups is 1. The molecule has 1 aromatic carbocycles. The predicted octanol–water partition coefficient (Wildman–Crippen LogP) is 3.09. The summed E-state index contributed by atoms with van der Waals surface area (Å²) in [5.41, 5.74) is 4.43. The average molecular weight is 304 g/mol. The molecule has 1 aromatic heterocycles. The van der Waals surface area contributed by atoms with Crippen LogP contribution in [0.3, 0.4) is 0 Å². The van der Waals surface area contributed by atoms with Gasteiger partial charge in [0.1, 0.15) is 23.5 Å². The predicted molar refractivity (Wildman–Crippen MR) is 85.8 cm³/mol. The van der Waals surface area contributed by atoms with Gasteiger partial charge in [0, 0.05) is 17.7 Å². The Balaban J connectivity index is 1.94. The van der Waals surface area contributed by atoms with E-state index in [-0.39, 0.29) is 11.8 Å². The van der Waals surface area contributed by atoms with Crippen molar-refractivity contribution in [3.05, 3.63) is 58.4 Å². The van der Waals surface area contributed by atoms with E-state index in [1.807, 2.05) is 31.2 Å².